The molecule has 1 N–H and O–H groups in total. The Morgan fingerprint density at radius 1 is 1.13 bits per heavy atom. The number of nitrogens with zero attached hydrogens (tertiary/aromatic N) is 2. The highest BCUT2D eigenvalue weighted by molar-refractivity contribution is 6.01. The highest BCUT2D eigenvalue weighted by atomic mass is 19.1. The molecule has 2 aromatic rings. The van der Waals surface area contributed by atoms with Crippen LogP contribution >= 0.6 is 0 Å². The maximum atomic E-state index is 13.3. The molecule has 6 heteroatoms. The van der Waals surface area contributed by atoms with Crippen molar-refractivity contribution in [3.05, 3.63) is 71.5 Å². The smallest absolute Gasteiger partial charge is 0.145 e. The first-order chi connectivity index (χ1) is 14.5. The van der Waals surface area contributed by atoms with Gasteiger partial charge in [0.15, 0.2) is 0 Å². The molecule has 2 aromatic carbocycles. The summed E-state index contributed by atoms with van der Waals surface area (Å²) in [6.07, 6.45) is 0.00806. The molecule has 0 aliphatic carbocycles. The van der Waals surface area contributed by atoms with E-state index in [1.807, 2.05) is 30.3 Å². The summed E-state index contributed by atoms with van der Waals surface area (Å²) in [5.74, 6) is 0.167. The van der Waals surface area contributed by atoms with Gasteiger partial charge in [-0.2, -0.15) is 0 Å². The first-order valence-electron chi connectivity index (χ1n) is 10.5. The Kier molecular flexibility index (Phi) is 8.37. The Bertz CT molecular complexity index is 796. The highest BCUT2D eigenvalue weighted by Gasteiger charge is 2.25. The largest absolute Gasteiger partial charge is 0.390 e. The second-order valence-corrected chi connectivity index (χ2v) is 8.24. The van der Waals surface area contributed by atoms with Crippen LogP contribution < -0.4 is 0 Å². The summed E-state index contributed by atoms with van der Waals surface area (Å²) in [7, 11) is 0. The quantitative estimate of drug-likeness (QED) is 0.607. The van der Waals surface area contributed by atoms with E-state index in [0.29, 0.717) is 38.6 Å². The number of halogens is 1. The van der Waals surface area contributed by atoms with Crippen LogP contribution in [0.25, 0.3) is 0 Å². The molecule has 2 atom stereocenters. The van der Waals surface area contributed by atoms with Gasteiger partial charge in [-0.3, -0.25) is 4.90 Å². The molecule has 5 nitrogen and oxygen atoms in total. The molecular weight excluding hydrogens is 383 g/mol. The zero-order chi connectivity index (χ0) is 21.3. The maximum Gasteiger partial charge on any atom is 0.145 e. The van der Waals surface area contributed by atoms with Gasteiger partial charge in [-0.25, -0.2) is 4.39 Å². The average Bonchev–Trinajstić information content (AvgIpc) is 3.18. The van der Waals surface area contributed by atoms with Crippen LogP contribution in [0, 0.1) is 11.7 Å². The van der Waals surface area contributed by atoms with Gasteiger partial charge in [0.05, 0.1) is 18.4 Å². The third kappa shape index (κ3) is 7.20. The summed E-state index contributed by atoms with van der Waals surface area (Å²) in [6.45, 7) is 6.70. The van der Waals surface area contributed by atoms with E-state index >= 15 is 0 Å². The van der Waals surface area contributed by atoms with Gasteiger partial charge in [0.1, 0.15) is 11.9 Å². The number of hydrogen-bond donors (Lipinski definition) is 1. The van der Waals surface area contributed by atoms with E-state index in [9.17, 15) is 9.50 Å². The molecule has 0 fully saturated rings. The van der Waals surface area contributed by atoms with E-state index in [1.165, 1.54) is 12.1 Å². The summed E-state index contributed by atoms with van der Waals surface area (Å²) >= 11 is 0. The van der Waals surface area contributed by atoms with Gasteiger partial charge in [0, 0.05) is 32.7 Å². The molecular formula is C24H31FN2O3. The van der Waals surface area contributed by atoms with Crippen molar-refractivity contribution < 1.29 is 19.1 Å². The Labute approximate surface area is 178 Å². The molecule has 0 saturated heterocycles. The Morgan fingerprint density at radius 3 is 2.57 bits per heavy atom. The minimum atomic E-state index is -0.611. The minimum absolute atomic E-state index is 0.0931. The lowest BCUT2D eigenvalue weighted by Gasteiger charge is -2.27. The van der Waals surface area contributed by atoms with E-state index in [-0.39, 0.29) is 18.5 Å². The lowest BCUT2D eigenvalue weighted by atomic mass is 10.0. The number of aliphatic hydroxyl groups excluding tert-OH is 1. The van der Waals surface area contributed by atoms with Crippen LogP contribution in [0.15, 0.2) is 59.8 Å². The van der Waals surface area contributed by atoms with E-state index in [2.05, 4.69) is 23.9 Å². The fourth-order valence-electron chi connectivity index (χ4n) is 3.46. The van der Waals surface area contributed by atoms with Gasteiger partial charge in [0.25, 0.3) is 0 Å². The number of ether oxygens (including phenoxy) is 1. The van der Waals surface area contributed by atoms with Crippen molar-refractivity contribution in [3.63, 3.8) is 0 Å². The third-order valence-corrected chi connectivity index (χ3v) is 4.85. The van der Waals surface area contributed by atoms with Crippen molar-refractivity contribution >= 4 is 5.71 Å². The normalized spacial score (nSPS) is 17.3. The topological polar surface area (TPSA) is 54.3 Å². The number of benzene rings is 2. The van der Waals surface area contributed by atoms with Crippen LogP contribution in [0.3, 0.4) is 0 Å². The SMILES string of the molecule is CC(C)COC[C@@H](O)CN(Cc1ccc(F)cc1)C[C@H]1CC(c2ccccc2)=NO1. The van der Waals surface area contributed by atoms with Crippen LogP contribution in [0.2, 0.25) is 0 Å². The maximum absolute atomic E-state index is 13.3. The van der Waals surface area contributed by atoms with Crippen LogP contribution in [0.4, 0.5) is 4.39 Å². The minimum Gasteiger partial charge on any atom is -0.390 e. The van der Waals surface area contributed by atoms with E-state index in [1.54, 1.807) is 12.1 Å². The van der Waals surface area contributed by atoms with Gasteiger partial charge in [-0.1, -0.05) is 61.5 Å². The van der Waals surface area contributed by atoms with Crippen LogP contribution in [-0.2, 0) is 16.1 Å². The summed E-state index contributed by atoms with van der Waals surface area (Å²) in [5, 5.41) is 14.7. The zero-order valence-electron chi connectivity index (χ0n) is 17.7. The number of rotatable bonds is 11. The van der Waals surface area contributed by atoms with Gasteiger partial charge in [0.2, 0.25) is 0 Å². The van der Waals surface area contributed by atoms with Gasteiger partial charge >= 0.3 is 0 Å². The summed E-state index contributed by atoms with van der Waals surface area (Å²) in [5.41, 5.74) is 2.98. The zero-order valence-corrected chi connectivity index (χ0v) is 17.7. The average molecular weight is 415 g/mol. The number of hydrogen-bond acceptors (Lipinski definition) is 5. The predicted octanol–water partition coefficient (Wildman–Crippen LogP) is 3.85. The molecule has 0 radical (unpaired) electrons. The molecule has 3 rings (SSSR count). The second kappa shape index (κ2) is 11.2. The van der Waals surface area contributed by atoms with Crippen molar-refractivity contribution in [2.75, 3.05) is 26.3 Å². The summed E-state index contributed by atoms with van der Waals surface area (Å²) < 4.78 is 18.9. The molecule has 0 unspecified atom stereocenters. The van der Waals surface area contributed by atoms with Crippen molar-refractivity contribution in [3.8, 4) is 0 Å². The van der Waals surface area contributed by atoms with E-state index in [0.717, 1.165) is 16.8 Å². The first-order valence-corrected chi connectivity index (χ1v) is 10.5. The predicted molar refractivity (Wildman–Crippen MR) is 116 cm³/mol. The molecule has 0 saturated carbocycles. The van der Waals surface area contributed by atoms with Gasteiger partial charge in [-0.15, -0.1) is 0 Å². The highest BCUT2D eigenvalue weighted by Crippen LogP contribution is 2.19. The fraction of sp³-hybridized carbons (Fsp3) is 0.458. The van der Waals surface area contributed by atoms with Crippen molar-refractivity contribution in [2.24, 2.45) is 11.1 Å². The molecule has 0 aromatic heterocycles. The Morgan fingerprint density at radius 2 is 1.87 bits per heavy atom. The van der Waals surface area contributed by atoms with Crippen molar-refractivity contribution in [2.45, 2.75) is 39.0 Å². The number of oxime groups is 1. The molecule has 0 bridgehead atoms. The molecule has 30 heavy (non-hydrogen) atoms. The van der Waals surface area contributed by atoms with Crippen LogP contribution in [0.5, 0.6) is 0 Å². The van der Waals surface area contributed by atoms with Crippen molar-refractivity contribution in [1.82, 2.24) is 4.90 Å². The molecule has 1 heterocycles. The molecule has 162 valence electrons. The Hall–Kier alpha value is -2.28. The summed E-state index contributed by atoms with van der Waals surface area (Å²) in [6, 6.07) is 16.4. The monoisotopic (exact) mass is 414 g/mol. The third-order valence-electron chi connectivity index (χ3n) is 4.85. The Balaban J connectivity index is 1.58. The number of aliphatic hydroxyl groups is 1. The van der Waals surface area contributed by atoms with E-state index < -0.39 is 6.10 Å². The van der Waals surface area contributed by atoms with Crippen LogP contribution in [-0.4, -0.2) is 54.2 Å². The summed E-state index contributed by atoms with van der Waals surface area (Å²) in [4.78, 5) is 7.79. The fourth-order valence-corrected chi connectivity index (χ4v) is 3.46. The lowest BCUT2D eigenvalue weighted by Crippen LogP contribution is -2.39. The van der Waals surface area contributed by atoms with Crippen molar-refractivity contribution in [1.29, 1.82) is 0 Å². The van der Waals surface area contributed by atoms with E-state index in [4.69, 9.17) is 9.57 Å². The second-order valence-electron chi connectivity index (χ2n) is 8.24. The van der Waals surface area contributed by atoms with Gasteiger partial charge in [-0.05, 0) is 29.2 Å². The van der Waals surface area contributed by atoms with Crippen LogP contribution in [0.1, 0.15) is 31.4 Å². The molecule has 0 spiro atoms. The lowest BCUT2D eigenvalue weighted by molar-refractivity contribution is -0.00734. The molecule has 1 aliphatic rings. The standard InChI is InChI=1S/C24H31FN2O3/c1-18(2)16-29-17-22(28)14-27(13-19-8-10-21(25)11-9-19)15-23-12-24(26-30-23)20-6-4-3-5-7-20/h3-11,18,22-23,28H,12-17H2,1-2H3/t22-,23+/m0/s1. The molecule has 0 amide bonds. The first kappa shape index (κ1) is 22.4. The molecule has 1 aliphatic heterocycles. The van der Waals surface area contributed by atoms with Gasteiger partial charge < -0.3 is 14.7 Å².